The Hall–Kier alpha value is 0.549. The van der Waals surface area contributed by atoms with Crippen molar-refractivity contribution >= 4 is 26.6 Å². The number of unbranched alkanes of at least 4 members (excludes halogenated alkanes) is 1. The average Bonchev–Trinajstić information content (AvgIpc) is 1.83. The van der Waals surface area contributed by atoms with E-state index in [0.717, 1.165) is 10.4 Å². The fourth-order valence-electron chi connectivity index (χ4n) is 0.341. The van der Waals surface area contributed by atoms with Gasteiger partial charge in [0.2, 0.25) is 0 Å². The maximum atomic E-state index is 5.73. The summed E-state index contributed by atoms with van der Waals surface area (Å²) in [5.41, 5.74) is 0. The minimum atomic E-state index is 0.511. The van der Waals surface area contributed by atoms with Crippen molar-refractivity contribution < 1.29 is 0 Å². The van der Waals surface area contributed by atoms with E-state index in [1.165, 1.54) is 6.42 Å². The Balaban J connectivity index is 3.26. The van der Waals surface area contributed by atoms with Crippen molar-refractivity contribution in [2.75, 3.05) is 0 Å². The molecule has 0 bridgehead atoms. The summed E-state index contributed by atoms with van der Waals surface area (Å²) in [4.78, 5) is 0. The molecule has 48 valence electrons. The molecule has 0 amide bonds. The van der Waals surface area contributed by atoms with Gasteiger partial charge in [0, 0.05) is 0 Å². The summed E-state index contributed by atoms with van der Waals surface area (Å²) in [7, 11) is 0. The van der Waals surface area contributed by atoms with Crippen molar-refractivity contribution in [2.45, 2.75) is 25.6 Å². The predicted molar refractivity (Wildman–Crippen MR) is 40.5 cm³/mol. The van der Waals surface area contributed by atoms with Crippen LogP contribution in [0, 0.1) is 0 Å². The van der Waals surface area contributed by atoms with Crippen LogP contribution in [-0.4, -0.2) is 15.0 Å². The fourth-order valence-corrected chi connectivity index (χ4v) is 1.05. The third kappa shape index (κ3) is 4.70. The molecular weight excluding hydrogens is 186 g/mol. The zero-order valence-corrected chi connectivity index (χ0v) is 7.75. The summed E-state index contributed by atoms with van der Waals surface area (Å²) in [6, 6.07) is 0. The first-order chi connectivity index (χ1) is 3.81. The van der Waals surface area contributed by atoms with Crippen molar-refractivity contribution in [3.8, 4) is 0 Å². The Labute approximate surface area is 62.5 Å². The van der Waals surface area contributed by atoms with Gasteiger partial charge in [-0.15, -0.1) is 0 Å². The molecule has 0 spiro atoms. The van der Waals surface area contributed by atoms with Crippen LogP contribution in [0.5, 0.6) is 0 Å². The van der Waals surface area contributed by atoms with E-state index in [4.69, 9.17) is 11.6 Å². The molecule has 2 heteroatoms. The van der Waals surface area contributed by atoms with Crippen molar-refractivity contribution in [3.63, 3.8) is 0 Å². The van der Waals surface area contributed by atoms with Gasteiger partial charge in [-0.1, -0.05) is 0 Å². The van der Waals surface area contributed by atoms with Gasteiger partial charge in [-0.3, -0.25) is 0 Å². The molecule has 0 aliphatic rings. The Morgan fingerprint density at radius 1 is 1.75 bits per heavy atom. The van der Waals surface area contributed by atoms with Gasteiger partial charge in [-0.05, 0) is 0 Å². The first-order valence-corrected chi connectivity index (χ1v) is 5.65. The van der Waals surface area contributed by atoms with Gasteiger partial charge in [0.1, 0.15) is 0 Å². The molecule has 0 N–H and O–H groups in total. The molecule has 0 heterocycles. The molecule has 0 aromatic rings. The molecule has 0 saturated heterocycles. The predicted octanol–water partition coefficient (Wildman–Crippen LogP) is 2.62. The van der Waals surface area contributed by atoms with E-state index in [9.17, 15) is 0 Å². The van der Waals surface area contributed by atoms with E-state index in [2.05, 4.69) is 18.8 Å². The molecule has 0 aromatic carbocycles. The molecule has 0 aliphatic heterocycles. The first kappa shape index (κ1) is 8.55. The second-order valence-corrected chi connectivity index (χ2v) is 4.20. The van der Waals surface area contributed by atoms with Crippen LogP contribution in [0.25, 0.3) is 0 Å². The summed E-state index contributed by atoms with van der Waals surface area (Å²) >= 11 is 6.24. The van der Waals surface area contributed by atoms with Crippen LogP contribution in [0.2, 0.25) is 5.82 Å². The minimum absolute atomic E-state index is 0.511. The van der Waals surface area contributed by atoms with Crippen LogP contribution in [0.1, 0.15) is 19.8 Å². The molecule has 0 nitrogen and oxygen atoms in total. The monoisotopic (exact) mass is 198 g/mol. The van der Waals surface area contributed by atoms with Crippen molar-refractivity contribution in [1.29, 1.82) is 0 Å². The molecule has 0 rings (SSSR count). The molecule has 0 aliphatic carbocycles. The Bertz CT molecular complexity index is 78.6. The molecule has 0 aromatic heterocycles. The summed E-state index contributed by atoms with van der Waals surface area (Å²) < 4.78 is 1.05. The van der Waals surface area contributed by atoms with Gasteiger partial charge in [0.15, 0.2) is 0 Å². The number of halogens is 1. The van der Waals surface area contributed by atoms with E-state index >= 15 is 0 Å². The molecule has 0 saturated carbocycles. The summed E-state index contributed by atoms with van der Waals surface area (Å²) in [6.07, 6.45) is 4.45. The molecule has 0 unspecified atom stereocenters. The van der Waals surface area contributed by atoms with E-state index < -0.39 is 0 Å². The van der Waals surface area contributed by atoms with Gasteiger partial charge in [0.25, 0.3) is 0 Å². The van der Waals surface area contributed by atoms with Crippen LogP contribution in [-0.2, 0) is 0 Å². The zero-order chi connectivity index (χ0) is 6.41. The summed E-state index contributed by atoms with van der Waals surface area (Å²) in [5, 5.41) is 0. The normalized spacial score (nSPS) is 12.1. The second-order valence-electron chi connectivity index (χ2n) is 1.50. The number of hydrogen-bond donors (Lipinski definition) is 0. The summed E-state index contributed by atoms with van der Waals surface area (Å²) in [5.74, 6) is 2.13. The van der Waals surface area contributed by atoms with Crippen LogP contribution in [0.3, 0.4) is 0 Å². The number of rotatable bonds is 3. The van der Waals surface area contributed by atoms with E-state index in [1.54, 1.807) is 0 Å². The molecule has 0 fully saturated rings. The van der Waals surface area contributed by atoms with Crippen molar-refractivity contribution in [1.82, 2.24) is 0 Å². The van der Waals surface area contributed by atoms with Crippen LogP contribution in [0.15, 0.2) is 10.0 Å². The van der Waals surface area contributed by atoms with E-state index in [-0.39, 0.29) is 0 Å². The molecule has 0 atom stereocenters. The molecule has 8 heavy (non-hydrogen) atoms. The Morgan fingerprint density at radius 3 is 2.75 bits per heavy atom. The Kier molecular flexibility index (Phi) is 6.07. The van der Waals surface area contributed by atoms with Crippen LogP contribution >= 0.6 is 11.6 Å². The quantitative estimate of drug-likeness (QED) is 0.610. The SMILES string of the molecule is CCC/C=C(/Cl)[Se]C. The van der Waals surface area contributed by atoms with Gasteiger partial charge in [-0.2, -0.15) is 0 Å². The first-order valence-electron chi connectivity index (χ1n) is 2.71. The van der Waals surface area contributed by atoms with Gasteiger partial charge in [-0.25, -0.2) is 0 Å². The fraction of sp³-hybridized carbons (Fsp3) is 0.667. The standard InChI is InChI=1S/C6H11ClSe/c1-3-4-5-6(7)8-2/h5H,3-4H2,1-2H3/b6-5-. The van der Waals surface area contributed by atoms with Crippen LogP contribution < -0.4 is 0 Å². The third-order valence-corrected chi connectivity index (χ3v) is 2.91. The van der Waals surface area contributed by atoms with Crippen LogP contribution in [0.4, 0.5) is 0 Å². The molecular formula is C6H11ClSe. The van der Waals surface area contributed by atoms with Gasteiger partial charge >= 0.3 is 62.2 Å². The maximum absolute atomic E-state index is 5.73. The van der Waals surface area contributed by atoms with E-state index in [0.29, 0.717) is 15.0 Å². The van der Waals surface area contributed by atoms with E-state index in [1.807, 2.05) is 0 Å². The summed E-state index contributed by atoms with van der Waals surface area (Å²) in [6.45, 7) is 2.16. The van der Waals surface area contributed by atoms with Crippen molar-refractivity contribution in [3.05, 3.63) is 10.0 Å². The van der Waals surface area contributed by atoms with Gasteiger partial charge < -0.3 is 0 Å². The average molecular weight is 198 g/mol. The van der Waals surface area contributed by atoms with Gasteiger partial charge in [0.05, 0.1) is 0 Å². The number of allylic oxidation sites excluding steroid dienone is 1. The number of hydrogen-bond acceptors (Lipinski definition) is 0. The second kappa shape index (κ2) is 5.68. The van der Waals surface area contributed by atoms with Crippen molar-refractivity contribution in [2.24, 2.45) is 0 Å². The molecule has 0 radical (unpaired) electrons. The third-order valence-electron chi connectivity index (χ3n) is 0.789. The zero-order valence-electron chi connectivity index (χ0n) is 5.28. The topological polar surface area (TPSA) is 0 Å². The Morgan fingerprint density at radius 2 is 2.38 bits per heavy atom.